The van der Waals surface area contributed by atoms with Gasteiger partial charge in [0.25, 0.3) is 0 Å². The van der Waals surface area contributed by atoms with Gasteiger partial charge < -0.3 is 11.1 Å². The van der Waals surface area contributed by atoms with Gasteiger partial charge in [0.15, 0.2) is 0 Å². The van der Waals surface area contributed by atoms with Gasteiger partial charge in [0.2, 0.25) is 15.9 Å². The maximum atomic E-state index is 13.7. The van der Waals surface area contributed by atoms with Gasteiger partial charge in [-0.1, -0.05) is 0 Å². The zero-order chi connectivity index (χ0) is 14.9. The number of nitrogen functional groups attached to an aromatic ring is 1. The number of anilines is 1. The first-order valence-electron chi connectivity index (χ1n) is 6.15. The lowest BCUT2D eigenvalue weighted by molar-refractivity contribution is -0.120. The Kier molecular flexibility index (Phi) is 3.96. The fourth-order valence-corrected chi connectivity index (χ4v) is 3.77. The Morgan fingerprint density at radius 3 is 2.80 bits per heavy atom. The highest BCUT2D eigenvalue weighted by Gasteiger charge is 2.30. The number of amides is 1. The number of hydrogen-bond donors (Lipinski definition) is 2. The molecule has 1 aliphatic heterocycles. The SMILES string of the molecule is Cc1c(F)cc(N)cc1S(=O)(=O)N1CCCNC(=O)C1. The van der Waals surface area contributed by atoms with Crippen molar-refractivity contribution in [2.45, 2.75) is 18.2 Å². The van der Waals surface area contributed by atoms with Gasteiger partial charge in [0.1, 0.15) is 5.82 Å². The van der Waals surface area contributed by atoms with Crippen LogP contribution in [0, 0.1) is 12.7 Å². The van der Waals surface area contributed by atoms with Crippen LogP contribution in [0.4, 0.5) is 10.1 Å². The number of rotatable bonds is 2. The average Bonchev–Trinajstić information content (AvgIpc) is 2.58. The Morgan fingerprint density at radius 2 is 2.10 bits per heavy atom. The predicted molar refractivity (Wildman–Crippen MR) is 71.9 cm³/mol. The van der Waals surface area contributed by atoms with Crippen molar-refractivity contribution < 1.29 is 17.6 Å². The number of carbonyl (C=O) groups excluding carboxylic acids is 1. The molecule has 1 aromatic carbocycles. The molecule has 6 nitrogen and oxygen atoms in total. The Hall–Kier alpha value is -1.67. The van der Waals surface area contributed by atoms with Crippen molar-refractivity contribution in [2.24, 2.45) is 0 Å². The Morgan fingerprint density at radius 1 is 1.40 bits per heavy atom. The van der Waals surface area contributed by atoms with Crippen LogP contribution in [-0.2, 0) is 14.8 Å². The number of halogens is 1. The first-order chi connectivity index (χ1) is 9.32. The molecule has 8 heteroatoms. The summed E-state index contributed by atoms with van der Waals surface area (Å²) in [5, 5.41) is 2.59. The van der Waals surface area contributed by atoms with Crippen molar-refractivity contribution in [3.63, 3.8) is 0 Å². The highest BCUT2D eigenvalue weighted by atomic mass is 32.2. The molecule has 1 aliphatic rings. The minimum Gasteiger partial charge on any atom is -0.399 e. The van der Waals surface area contributed by atoms with Crippen LogP contribution in [0.1, 0.15) is 12.0 Å². The van der Waals surface area contributed by atoms with E-state index in [9.17, 15) is 17.6 Å². The Balaban J connectivity index is 2.47. The van der Waals surface area contributed by atoms with Crippen LogP contribution < -0.4 is 11.1 Å². The van der Waals surface area contributed by atoms with Crippen molar-refractivity contribution in [1.29, 1.82) is 0 Å². The van der Waals surface area contributed by atoms with E-state index in [1.165, 1.54) is 13.0 Å². The lowest BCUT2D eigenvalue weighted by atomic mass is 10.2. The summed E-state index contributed by atoms with van der Waals surface area (Å²) in [6.45, 7) is 1.74. The van der Waals surface area contributed by atoms with E-state index in [0.717, 1.165) is 10.4 Å². The summed E-state index contributed by atoms with van der Waals surface area (Å²) in [6.07, 6.45) is 0.509. The molecule has 0 unspecified atom stereocenters. The molecule has 20 heavy (non-hydrogen) atoms. The van der Waals surface area contributed by atoms with E-state index in [-0.39, 0.29) is 35.1 Å². The summed E-state index contributed by atoms with van der Waals surface area (Å²) in [5.41, 5.74) is 5.55. The van der Waals surface area contributed by atoms with E-state index in [0.29, 0.717) is 13.0 Å². The van der Waals surface area contributed by atoms with E-state index in [1.54, 1.807) is 0 Å². The summed E-state index contributed by atoms with van der Waals surface area (Å²) in [4.78, 5) is 11.3. The summed E-state index contributed by atoms with van der Waals surface area (Å²) in [5.74, 6) is -1.05. The minimum atomic E-state index is -3.94. The maximum Gasteiger partial charge on any atom is 0.243 e. The molecular weight excluding hydrogens is 285 g/mol. The molecular formula is C12H16FN3O3S. The number of hydrogen-bond acceptors (Lipinski definition) is 4. The van der Waals surface area contributed by atoms with Crippen molar-refractivity contribution in [2.75, 3.05) is 25.4 Å². The molecule has 110 valence electrons. The summed E-state index contributed by atoms with van der Waals surface area (Å²) < 4.78 is 39.8. The third kappa shape index (κ3) is 2.75. The summed E-state index contributed by atoms with van der Waals surface area (Å²) in [7, 11) is -3.94. The van der Waals surface area contributed by atoms with Gasteiger partial charge in [-0.3, -0.25) is 4.79 Å². The van der Waals surface area contributed by atoms with Gasteiger partial charge in [-0.15, -0.1) is 0 Å². The largest absolute Gasteiger partial charge is 0.399 e. The summed E-state index contributed by atoms with van der Waals surface area (Å²) >= 11 is 0. The molecule has 0 atom stereocenters. The molecule has 0 aliphatic carbocycles. The van der Waals surface area contributed by atoms with Crippen LogP contribution in [0.15, 0.2) is 17.0 Å². The van der Waals surface area contributed by atoms with Gasteiger partial charge in [0, 0.05) is 24.3 Å². The molecule has 1 aromatic rings. The second kappa shape index (κ2) is 5.37. The van der Waals surface area contributed by atoms with Crippen LogP contribution in [-0.4, -0.2) is 38.3 Å². The van der Waals surface area contributed by atoms with Crippen LogP contribution in [0.25, 0.3) is 0 Å². The monoisotopic (exact) mass is 301 g/mol. The lowest BCUT2D eigenvalue weighted by Crippen LogP contribution is -2.37. The molecule has 0 spiro atoms. The van der Waals surface area contributed by atoms with Gasteiger partial charge in [0.05, 0.1) is 11.4 Å². The van der Waals surface area contributed by atoms with E-state index in [4.69, 9.17) is 5.73 Å². The van der Waals surface area contributed by atoms with Crippen LogP contribution >= 0.6 is 0 Å². The fourth-order valence-electron chi connectivity index (χ4n) is 2.06. The topological polar surface area (TPSA) is 92.5 Å². The van der Waals surface area contributed by atoms with E-state index in [2.05, 4.69) is 5.32 Å². The molecule has 0 aromatic heterocycles. The molecule has 1 heterocycles. The van der Waals surface area contributed by atoms with Gasteiger partial charge in [-0.25, -0.2) is 12.8 Å². The van der Waals surface area contributed by atoms with Gasteiger partial charge >= 0.3 is 0 Å². The first-order valence-corrected chi connectivity index (χ1v) is 7.59. The molecule has 3 N–H and O–H groups in total. The fraction of sp³-hybridized carbons (Fsp3) is 0.417. The number of sulfonamides is 1. The van der Waals surface area contributed by atoms with Crippen LogP contribution in [0.5, 0.6) is 0 Å². The minimum absolute atomic E-state index is 0.00357. The van der Waals surface area contributed by atoms with Crippen LogP contribution in [0.3, 0.4) is 0 Å². The number of carbonyl (C=O) groups is 1. The zero-order valence-corrected chi connectivity index (χ0v) is 11.8. The second-order valence-corrected chi connectivity index (χ2v) is 6.57. The van der Waals surface area contributed by atoms with E-state index in [1.807, 2.05) is 0 Å². The number of nitrogens with two attached hydrogens (primary N) is 1. The molecule has 1 saturated heterocycles. The number of nitrogens with one attached hydrogen (secondary N) is 1. The smallest absolute Gasteiger partial charge is 0.243 e. The van der Waals surface area contributed by atoms with Crippen molar-refractivity contribution >= 4 is 21.6 Å². The van der Waals surface area contributed by atoms with E-state index < -0.39 is 15.8 Å². The summed E-state index contributed by atoms with van der Waals surface area (Å²) in [6, 6.07) is 2.29. The molecule has 1 fully saturated rings. The third-order valence-electron chi connectivity index (χ3n) is 3.16. The van der Waals surface area contributed by atoms with Gasteiger partial charge in [-0.2, -0.15) is 4.31 Å². The molecule has 0 saturated carbocycles. The normalized spacial score (nSPS) is 17.6. The molecule has 0 bridgehead atoms. The maximum absolute atomic E-state index is 13.7. The highest BCUT2D eigenvalue weighted by molar-refractivity contribution is 7.89. The highest BCUT2D eigenvalue weighted by Crippen LogP contribution is 2.25. The second-order valence-electron chi connectivity index (χ2n) is 4.67. The standard InChI is InChI=1S/C12H16FN3O3S/c1-8-10(13)5-9(14)6-11(8)20(18,19)16-4-2-3-15-12(17)7-16/h5-6H,2-4,7,14H2,1H3,(H,15,17). The van der Waals surface area contributed by atoms with Crippen molar-refractivity contribution in [1.82, 2.24) is 9.62 Å². The number of nitrogens with zero attached hydrogens (tertiary/aromatic N) is 1. The predicted octanol–water partition coefficient (Wildman–Crippen LogP) is 0.227. The Bertz CT molecular complexity index is 646. The zero-order valence-electron chi connectivity index (χ0n) is 11.0. The third-order valence-corrected chi connectivity index (χ3v) is 5.13. The van der Waals surface area contributed by atoms with Gasteiger partial charge in [-0.05, 0) is 25.5 Å². The van der Waals surface area contributed by atoms with Crippen LogP contribution in [0.2, 0.25) is 0 Å². The molecule has 1 amide bonds. The first kappa shape index (κ1) is 14.7. The Labute approximate surface area is 116 Å². The quantitative estimate of drug-likeness (QED) is 0.765. The molecule has 2 rings (SSSR count). The van der Waals surface area contributed by atoms with Crippen molar-refractivity contribution in [3.8, 4) is 0 Å². The number of benzene rings is 1. The van der Waals surface area contributed by atoms with Crippen molar-refractivity contribution in [3.05, 3.63) is 23.5 Å². The van der Waals surface area contributed by atoms with E-state index >= 15 is 0 Å². The average molecular weight is 301 g/mol. The lowest BCUT2D eigenvalue weighted by Gasteiger charge is -2.20. The molecule has 0 radical (unpaired) electrons.